The first-order valence-corrected chi connectivity index (χ1v) is 10.5. The summed E-state index contributed by atoms with van der Waals surface area (Å²) >= 11 is 0. The van der Waals surface area contributed by atoms with E-state index in [-0.39, 0.29) is 0 Å². The largest absolute Gasteiger partial charge is 0.364 e. The minimum absolute atomic E-state index is 0.309. The van der Waals surface area contributed by atoms with Crippen LogP contribution in [0.3, 0.4) is 0 Å². The molecule has 0 rings (SSSR count). The van der Waals surface area contributed by atoms with Gasteiger partial charge in [-0.15, -0.1) is 0 Å². The van der Waals surface area contributed by atoms with E-state index in [0.29, 0.717) is 6.42 Å². The van der Waals surface area contributed by atoms with Crippen molar-refractivity contribution in [3.8, 4) is 0 Å². The summed E-state index contributed by atoms with van der Waals surface area (Å²) in [6.07, 6.45) is 20.1. The highest BCUT2D eigenvalue weighted by Crippen LogP contribution is 2.10. The topological polar surface area (TPSA) is 20.2 Å². The molecule has 0 aromatic heterocycles. The van der Waals surface area contributed by atoms with E-state index in [4.69, 9.17) is 5.11 Å². The van der Waals surface area contributed by atoms with Crippen LogP contribution in [0.15, 0.2) is 0 Å². The average molecular weight is 333 g/mol. The lowest BCUT2D eigenvalue weighted by atomic mass is 10.1. The number of rotatable bonds is 16. The third kappa shape index (κ3) is 30.4. The number of aliphatic hydroxyl groups is 1. The maximum atomic E-state index is 11.8. The van der Waals surface area contributed by atoms with E-state index < -0.39 is 6.36 Å². The minimum atomic E-state index is -1.60. The molecule has 1 N–H and O–H groups in total. The van der Waals surface area contributed by atoms with E-state index in [1.165, 1.54) is 89.9 Å². The fourth-order valence-corrected chi connectivity index (χ4v) is 2.65. The van der Waals surface area contributed by atoms with Crippen LogP contribution in [0.5, 0.6) is 0 Å². The Morgan fingerprint density at radius 2 is 0.783 bits per heavy atom. The molecule has 0 spiro atoms. The molecular formula is C21H45FO. The molecular weight excluding hydrogens is 287 g/mol. The van der Waals surface area contributed by atoms with E-state index in [9.17, 15) is 4.39 Å². The van der Waals surface area contributed by atoms with Crippen molar-refractivity contribution in [2.45, 2.75) is 136 Å². The van der Waals surface area contributed by atoms with Gasteiger partial charge in [-0.2, -0.15) is 0 Å². The number of hydrogen-bond acceptors (Lipinski definition) is 1. The number of aliphatic hydroxyl groups excluding tert-OH is 1. The summed E-state index contributed by atoms with van der Waals surface area (Å²) in [5.74, 6) is 0. The number of unbranched alkanes of at least 4 members (excludes halogenated alkanes) is 14. The van der Waals surface area contributed by atoms with Gasteiger partial charge in [-0.3, -0.25) is 0 Å². The molecule has 0 heterocycles. The smallest absolute Gasteiger partial charge is 0.196 e. The standard InChI is InChI=1S/C13H28.C8H17FO/c1-3-5-7-9-11-13-12-10-8-6-4-2;1-2-3-4-5-6-7-8(9)10/h3-13H2,1-2H3;8,10H,2-7H2,1H3. The van der Waals surface area contributed by atoms with Gasteiger partial charge in [-0.1, -0.05) is 117 Å². The molecule has 0 amide bonds. The molecule has 23 heavy (non-hydrogen) atoms. The fourth-order valence-electron chi connectivity index (χ4n) is 2.65. The van der Waals surface area contributed by atoms with Crippen LogP contribution < -0.4 is 0 Å². The molecule has 0 bridgehead atoms. The van der Waals surface area contributed by atoms with Crippen LogP contribution in [0.1, 0.15) is 130 Å². The average Bonchev–Trinajstić information content (AvgIpc) is 2.53. The normalized spacial score (nSPS) is 11.9. The summed E-state index contributed by atoms with van der Waals surface area (Å²) in [4.78, 5) is 0. The highest BCUT2D eigenvalue weighted by molar-refractivity contribution is 4.46. The van der Waals surface area contributed by atoms with Gasteiger partial charge in [0, 0.05) is 6.42 Å². The van der Waals surface area contributed by atoms with Gasteiger partial charge in [0.2, 0.25) is 0 Å². The van der Waals surface area contributed by atoms with Crippen molar-refractivity contribution in [3.05, 3.63) is 0 Å². The van der Waals surface area contributed by atoms with Gasteiger partial charge in [-0.05, 0) is 6.42 Å². The summed E-state index contributed by atoms with van der Waals surface area (Å²) < 4.78 is 11.8. The minimum Gasteiger partial charge on any atom is -0.364 e. The second-order valence-corrected chi connectivity index (χ2v) is 6.82. The van der Waals surface area contributed by atoms with Crippen molar-refractivity contribution < 1.29 is 9.50 Å². The second kappa shape index (κ2) is 24.1. The predicted octanol–water partition coefficient (Wildman–Crippen LogP) is 7.95. The van der Waals surface area contributed by atoms with Crippen LogP contribution >= 0.6 is 0 Å². The summed E-state index contributed by atoms with van der Waals surface area (Å²) in [6, 6.07) is 0. The first kappa shape index (κ1) is 25.1. The van der Waals surface area contributed by atoms with Gasteiger partial charge in [0.25, 0.3) is 0 Å². The Labute approximate surface area is 146 Å². The van der Waals surface area contributed by atoms with Crippen molar-refractivity contribution in [3.63, 3.8) is 0 Å². The molecule has 0 aromatic rings. The molecule has 0 aliphatic carbocycles. The Morgan fingerprint density at radius 3 is 1.04 bits per heavy atom. The molecule has 0 saturated heterocycles. The third-order valence-corrected chi connectivity index (χ3v) is 4.25. The lowest BCUT2D eigenvalue weighted by molar-refractivity contribution is 0.0323. The zero-order valence-electron chi connectivity index (χ0n) is 16.4. The van der Waals surface area contributed by atoms with Crippen molar-refractivity contribution in [1.29, 1.82) is 0 Å². The third-order valence-electron chi connectivity index (χ3n) is 4.25. The van der Waals surface area contributed by atoms with Gasteiger partial charge >= 0.3 is 0 Å². The van der Waals surface area contributed by atoms with Gasteiger partial charge in [0.1, 0.15) is 0 Å². The predicted molar refractivity (Wildman–Crippen MR) is 103 cm³/mol. The molecule has 0 aliphatic heterocycles. The van der Waals surface area contributed by atoms with E-state index in [1.807, 2.05) is 0 Å². The molecule has 0 radical (unpaired) electrons. The lowest BCUT2D eigenvalue weighted by Crippen LogP contribution is -1.95. The Hall–Kier alpha value is -0.110. The molecule has 1 unspecified atom stereocenters. The van der Waals surface area contributed by atoms with Crippen LogP contribution in [0.4, 0.5) is 4.39 Å². The van der Waals surface area contributed by atoms with Crippen LogP contribution in [-0.4, -0.2) is 11.5 Å². The molecule has 0 aromatic carbocycles. The van der Waals surface area contributed by atoms with Crippen molar-refractivity contribution in [1.82, 2.24) is 0 Å². The Morgan fingerprint density at radius 1 is 0.522 bits per heavy atom. The summed E-state index contributed by atoms with van der Waals surface area (Å²) in [6.45, 7) is 6.71. The number of alkyl halides is 1. The van der Waals surface area contributed by atoms with Crippen LogP contribution in [0, 0.1) is 0 Å². The van der Waals surface area contributed by atoms with E-state index in [2.05, 4.69) is 20.8 Å². The molecule has 0 fully saturated rings. The SMILES string of the molecule is CCCCCCCC(O)F.CCCCCCCCCCCCC. The van der Waals surface area contributed by atoms with Gasteiger partial charge in [-0.25, -0.2) is 4.39 Å². The zero-order valence-corrected chi connectivity index (χ0v) is 16.4. The Kier molecular flexibility index (Phi) is 26.4. The van der Waals surface area contributed by atoms with Crippen LogP contribution in [-0.2, 0) is 0 Å². The molecule has 142 valence electrons. The zero-order chi connectivity index (χ0) is 17.6. The summed E-state index contributed by atoms with van der Waals surface area (Å²) in [5, 5.41) is 8.24. The maximum Gasteiger partial charge on any atom is 0.196 e. The second-order valence-electron chi connectivity index (χ2n) is 6.82. The monoisotopic (exact) mass is 332 g/mol. The lowest BCUT2D eigenvalue weighted by Gasteiger charge is -2.00. The molecule has 2 heteroatoms. The quantitative estimate of drug-likeness (QED) is 0.284. The number of halogens is 1. The summed E-state index contributed by atoms with van der Waals surface area (Å²) in [7, 11) is 0. The molecule has 0 saturated carbocycles. The van der Waals surface area contributed by atoms with Crippen molar-refractivity contribution in [2.75, 3.05) is 0 Å². The van der Waals surface area contributed by atoms with Crippen molar-refractivity contribution in [2.24, 2.45) is 0 Å². The van der Waals surface area contributed by atoms with E-state index >= 15 is 0 Å². The van der Waals surface area contributed by atoms with Gasteiger partial charge < -0.3 is 5.11 Å². The first-order chi connectivity index (χ1) is 11.2. The van der Waals surface area contributed by atoms with Crippen molar-refractivity contribution >= 4 is 0 Å². The highest BCUT2D eigenvalue weighted by atomic mass is 19.1. The highest BCUT2D eigenvalue weighted by Gasteiger charge is 1.97. The Balaban J connectivity index is 0. The first-order valence-electron chi connectivity index (χ1n) is 10.5. The van der Waals surface area contributed by atoms with E-state index in [0.717, 1.165) is 12.8 Å². The van der Waals surface area contributed by atoms with Gasteiger partial charge in [0.15, 0.2) is 6.36 Å². The Bertz CT molecular complexity index is 173. The molecule has 1 nitrogen and oxygen atoms in total. The molecule has 0 aliphatic rings. The van der Waals surface area contributed by atoms with Gasteiger partial charge in [0.05, 0.1) is 0 Å². The molecule has 1 atom stereocenters. The van der Waals surface area contributed by atoms with E-state index in [1.54, 1.807) is 0 Å². The summed E-state index contributed by atoms with van der Waals surface area (Å²) in [5.41, 5.74) is 0. The maximum absolute atomic E-state index is 11.8. The van der Waals surface area contributed by atoms with Crippen LogP contribution in [0.2, 0.25) is 0 Å². The fraction of sp³-hybridized carbons (Fsp3) is 1.00. The van der Waals surface area contributed by atoms with Crippen LogP contribution in [0.25, 0.3) is 0 Å². The number of hydrogen-bond donors (Lipinski definition) is 1.